The minimum absolute atomic E-state index is 0.00688. The maximum atomic E-state index is 12.9. The molecule has 2 bridgehead atoms. The molecular weight excluding hydrogens is 402 g/mol. The molecule has 4 atom stereocenters. The number of phenols is 1. The summed E-state index contributed by atoms with van der Waals surface area (Å²) in [6.07, 6.45) is 6.16. The summed E-state index contributed by atoms with van der Waals surface area (Å²) in [7, 11) is 0. The van der Waals surface area contributed by atoms with E-state index in [1.54, 1.807) is 6.07 Å². The van der Waals surface area contributed by atoms with Crippen LogP contribution in [0, 0.1) is 0 Å². The number of benzene rings is 2. The van der Waals surface area contributed by atoms with Crippen molar-refractivity contribution < 1.29 is 19.7 Å². The van der Waals surface area contributed by atoms with E-state index in [4.69, 9.17) is 4.74 Å². The molecule has 1 saturated carbocycles. The molecule has 0 amide bonds. The molecule has 1 saturated heterocycles. The number of likely N-dealkylation sites (tertiary alicyclic amines) is 1. The minimum Gasteiger partial charge on any atom is -0.504 e. The Bertz CT molecular complexity index is 1050. The van der Waals surface area contributed by atoms with E-state index in [1.165, 1.54) is 18.4 Å². The van der Waals surface area contributed by atoms with Gasteiger partial charge >= 0.3 is 0 Å². The van der Waals surface area contributed by atoms with E-state index in [1.807, 2.05) is 6.07 Å². The first-order valence-electron chi connectivity index (χ1n) is 12.1. The van der Waals surface area contributed by atoms with Crippen LogP contribution in [-0.4, -0.2) is 51.7 Å². The van der Waals surface area contributed by atoms with Gasteiger partial charge in [-0.25, -0.2) is 0 Å². The zero-order valence-corrected chi connectivity index (χ0v) is 18.4. The molecular formula is C27H31NO4. The van der Waals surface area contributed by atoms with Crippen LogP contribution in [0.3, 0.4) is 0 Å². The molecule has 2 N–H and O–H groups in total. The topological polar surface area (TPSA) is 70.0 Å². The number of carbonyl (C=O) groups excluding carboxylic acids is 1. The predicted molar refractivity (Wildman–Crippen MR) is 121 cm³/mol. The van der Waals surface area contributed by atoms with Crippen LogP contribution < -0.4 is 4.74 Å². The Morgan fingerprint density at radius 1 is 1.06 bits per heavy atom. The van der Waals surface area contributed by atoms with Crippen molar-refractivity contribution in [2.24, 2.45) is 0 Å². The standard InChI is InChI=1S/C27H31NO4/c29-20-11-10-19-17-22-27(31)13-12-21(30)25-26(27,23(19)24(20)32-25)14-16-28(22)15-6-2-5-9-18-7-3-1-4-8-18/h1,3-4,7-8,10-11,22,25,29,31H,2,5-6,9,12-17H2/t22-,25+,26+,27-/m0/s1. The van der Waals surface area contributed by atoms with Gasteiger partial charge in [-0.3, -0.25) is 9.69 Å². The van der Waals surface area contributed by atoms with Gasteiger partial charge in [0.2, 0.25) is 0 Å². The second-order valence-electron chi connectivity index (χ2n) is 10.1. The van der Waals surface area contributed by atoms with Gasteiger partial charge in [-0.1, -0.05) is 42.8 Å². The highest BCUT2D eigenvalue weighted by atomic mass is 16.5. The van der Waals surface area contributed by atoms with Crippen LogP contribution in [0.25, 0.3) is 0 Å². The summed E-state index contributed by atoms with van der Waals surface area (Å²) in [4.78, 5) is 15.4. The first-order valence-corrected chi connectivity index (χ1v) is 12.1. The molecule has 6 rings (SSSR count). The third-order valence-corrected chi connectivity index (χ3v) is 8.62. The Hall–Kier alpha value is -2.37. The van der Waals surface area contributed by atoms with E-state index in [9.17, 15) is 15.0 Å². The quantitative estimate of drug-likeness (QED) is 0.682. The van der Waals surface area contributed by atoms with Crippen LogP contribution in [0.15, 0.2) is 42.5 Å². The average Bonchev–Trinajstić information content (AvgIpc) is 3.16. The number of ether oxygens (including phenoxy) is 1. The lowest BCUT2D eigenvalue weighted by atomic mass is 9.49. The number of unbranched alkanes of at least 4 members (excludes halogenated alkanes) is 2. The molecule has 2 aromatic carbocycles. The number of ketones is 1. The fourth-order valence-corrected chi connectivity index (χ4v) is 7.15. The molecule has 4 aliphatic rings. The normalized spacial score (nSPS) is 32.5. The van der Waals surface area contributed by atoms with E-state index >= 15 is 0 Å². The second-order valence-corrected chi connectivity index (χ2v) is 10.1. The Labute approximate surface area is 189 Å². The second kappa shape index (κ2) is 7.32. The first-order chi connectivity index (χ1) is 15.5. The van der Waals surface area contributed by atoms with Crippen LogP contribution >= 0.6 is 0 Å². The molecule has 0 radical (unpaired) electrons. The summed E-state index contributed by atoms with van der Waals surface area (Å²) in [6, 6.07) is 14.3. The highest BCUT2D eigenvalue weighted by molar-refractivity contribution is 5.90. The van der Waals surface area contributed by atoms with Crippen LogP contribution in [-0.2, 0) is 23.1 Å². The van der Waals surface area contributed by atoms with Gasteiger partial charge in [-0.15, -0.1) is 0 Å². The number of carbonyl (C=O) groups is 1. The van der Waals surface area contributed by atoms with Crippen LogP contribution in [0.4, 0.5) is 0 Å². The van der Waals surface area contributed by atoms with E-state index in [0.717, 1.165) is 43.5 Å². The summed E-state index contributed by atoms with van der Waals surface area (Å²) >= 11 is 0. The predicted octanol–water partition coefficient (Wildman–Crippen LogP) is 3.53. The maximum absolute atomic E-state index is 12.9. The number of aryl methyl sites for hydroxylation is 1. The van der Waals surface area contributed by atoms with E-state index in [2.05, 4.69) is 35.2 Å². The zero-order chi connectivity index (χ0) is 21.9. The molecule has 5 heteroatoms. The van der Waals surface area contributed by atoms with Gasteiger partial charge < -0.3 is 14.9 Å². The SMILES string of the molecule is O=C1CC[C@]2(O)[C@@H]3Cc4ccc(O)c5c4[C@]2(CCN3CCCCCc2ccccc2)[C@@H]1O5. The van der Waals surface area contributed by atoms with Crippen LogP contribution in [0.1, 0.15) is 55.2 Å². The Morgan fingerprint density at radius 3 is 2.75 bits per heavy atom. The number of aromatic hydroxyl groups is 1. The molecule has 2 aliphatic heterocycles. The van der Waals surface area contributed by atoms with Crippen molar-refractivity contribution in [1.29, 1.82) is 0 Å². The molecule has 0 aromatic heterocycles. The third kappa shape index (κ3) is 2.67. The van der Waals surface area contributed by atoms with Gasteiger partial charge in [0.25, 0.3) is 0 Å². The molecule has 5 nitrogen and oxygen atoms in total. The fraction of sp³-hybridized carbons (Fsp3) is 0.519. The number of phenolic OH excluding ortho intramolecular Hbond substituents is 1. The molecule has 2 aromatic rings. The Morgan fingerprint density at radius 2 is 1.91 bits per heavy atom. The lowest BCUT2D eigenvalue weighted by molar-refractivity contribution is -0.188. The largest absolute Gasteiger partial charge is 0.504 e. The summed E-state index contributed by atoms with van der Waals surface area (Å²) in [5.74, 6) is 0.585. The van der Waals surface area contributed by atoms with Gasteiger partial charge in [0, 0.05) is 18.0 Å². The molecule has 2 fully saturated rings. The molecule has 32 heavy (non-hydrogen) atoms. The van der Waals surface area contributed by atoms with Crippen LogP contribution in [0.5, 0.6) is 11.5 Å². The number of hydrogen-bond acceptors (Lipinski definition) is 5. The van der Waals surface area contributed by atoms with E-state index < -0.39 is 17.1 Å². The molecule has 0 unspecified atom stereocenters. The van der Waals surface area contributed by atoms with Crippen molar-refractivity contribution in [2.45, 2.75) is 74.5 Å². The molecule has 1 spiro atoms. The fourth-order valence-electron chi connectivity index (χ4n) is 7.15. The monoisotopic (exact) mass is 433 g/mol. The molecule has 2 heterocycles. The van der Waals surface area contributed by atoms with Gasteiger partial charge in [0.1, 0.15) is 0 Å². The van der Waals surface area contributed by atoms with Crippen molar-refractivity contribution in [1.82, 2.24) is 4.90 Å². The summed E-state index contributed by atoms with van der Waals surface area (Å²) in [5.41, 5.74) is 1.73. The number of rotatable bonds is 6. The van der Waals surface area contributed by atoms with Gasteiger partial charge in [-0.05, 0) is 68.8 Å². The van der Waals surface area contributed by atoms with Gasteiger partial charge in [0.05, 0.1) is 11.0 Å². The van der Waals surface area contributed by atoms with Crippen molar-refractivity contribution in [3.63, 3.8) is 0 Å². The van der Waals surface area contributed by atoms with Crippen molar-refractivity contribution >= 4 is 5.78 Å². The minimum atomic E-state index is -0.986. The summed E-state index contributed by atoms with van der Waals surface area (Å²) in [6.45, 7) is 1.82. The van der Waals surface area contributed by atoms with E-state index in [0.29, 0.717) is 25.0 Å². The van der Waals surface area contributed by atoms with Crippen molar-refractivity contribution in [2.75, 3.05) is 13.1 Å². The number of piperidine rings is 1. The molecule has 168 valence electrons. The van der Waals surface area contributed by atoms with Gasteiger partial charge in [-0.2, -0.15) is 0 Å². The van der Waals surface area contributed by atoms with E-state index in [-0.39, 0.29) is 17.6 Å². The maximum Gasteiger partial charge on any atom is 0.174 e. The third-order valence-electron chi connectivity index (χ3n) is 8.62. The highest BCUT2D eigenvalue weighted by Crippen LogP contribution is 2.64. The molecule has 2 aliphatic carbocycles. The van der Waals surface area contributed by atoms with Crippen molar-refractivity contribution in [3.8, 4) is 11.5 Å². The number of nitrogens with zero attached hydrogens (tertiary/aromatic N) is 1. The average molecular weight is 434 g/mol. The Balaban J connectivity index is 1.22. The van der Waals surface area contributed by atoms with Crippen molar-refractivity contribution in [3.05, 3.63) is 59.2 Å². The lowest BCUT2D eigenvalue weighted by Gasteiger charge is -2.62. The lowest BCUT2D eigenvalue weighted by Crippen LogP contribution is -2.76. The first kappa shape index (κ1) is 20.3. The number of Topliss-reactive ketones (excluding diaryl/α,β-unsaturated/α-hetero) is 1. The smallest absolute Gasteiger partial charge is 0.174 e. The summed E-state index contributed by atoms with van der Waals surface area (Å²) in [5, 5.41) is 22.6. The zero-order valence-electron chi connectivity index (χ0n) is 18.4. The number of hydrogen-bond donors (Lipinski definition) is 2. The summed E-state index contributed by atoms with van der Waals surface area (Å²) < 4.78 is 6.10. The number of aliphatic hydroxyl groups is 1. The Kier molecular flexibility index (Phi) is 4.63. The van der Waals surface area contributed by atoms with Crippen LogP contribution in [0.2, 0.25) is 0 Å². The van der Waals surface area contributed by atoms with Gasteiger partial charge in [0.15, 0.2) is 23.4 Å². The highest BCUT2D eigenvalue weighted by Gasteiger charge is 2.73.